The smallest absolute Gasteiger partial charge is 0.309 e. The first-order valence-electron chi connectivity index (χ1n) is 40.9. The molecular formula is C89H101N13O21. The quantitative estimate of drug-likeness (QED) is 0.0205. The second kappa shape index (κ2) is 36.5. The van der Waals surface area contributed by atoms with Crippen molar-refractivity contribution in [1.29, 1.82) is 0 Å². The number of pyridine rings is 4. The van der Waals surface area contributed by atoms with E-state index in [1.807, 2.05) is 55.8 Å². The van der Waals surface area contributed by atoms with Crippen molar-refractivity contribution in [3.05, 3.63) is 170 Å². The Balaban J connectivity index is 0.000000167. The molecule has 9 amide bonds. The van der Waals surface area contributed by atoms with Crippen LogP contribution in [0.3, 0.4) is 0 Å². The fraction of sp³-hybridized carbons (Fsp3) is 0.438. The second-order valence-corrected chi connectivity index (χ2v) is 32.6. The summed E-state index contributed by atoms with van der Waals surface area (Å²) in [6.45, 7) is 5.67. The molecule has 2 saturated heterocycles. The predicted octanol–water partition coefficient (Wildman–Crippen LogP) is 5.70. The third-order valence-electron chi connectivity index (χ3n) is 25.0. The van der Waals surface area contributed by atoms with Gasteiger partial charge in [-0.05, 0) is 160 Å². The Labute approximate surface area is 707 Å². The molecule has 7 N–H and O–H groups in total. The molecule has 8 heterocycles. The van der Waals surface area contributed by atoms with Crippen molar-refractivity contribution < 1.29 is 90.9 Å². The molecule has 4 bridgehead atoms. The maximum Gasteiger partial charge on any atom is 0.309 e. The fourth-order valence-corrected chi connectivity index (χ4v) is 18.5. The number of aryl methyl sites for hydroxylation is 3. The van der Waals surface area contributed by atoms with Gasteiger partial charge >= 0.3 is 5.97 Å². The van der Waals surface area contributed by atoms with Crippen LogP contribution in [0.15, 0.2) is 120 Å². The fourth-order valence-electron chi connectivity index (χ4n) is 18.5. The highest BCUT2D eigenvalue weighted by atomic mass is 16.5. The highest BCUT2D eigenvalue weighted by Gasteiger charge is 2.74. The van der Waals surface area contributed by atoms with Gasteiger partial charge in [-0.3, -0.25) is 97.7 Å². The van der Waals surface area contributed by atoms with Crippen LogP contribution in [-0.2, 0) is 81.3 Å². The molecular weight excluding hydrogens is 1590 g/mol. The molecule has 18 rings (SSSR count). The number of methoxy groups -OCH3 is 4. The lowest BCUT2D eigenvalue weighted by atomic mass is 9.38. The molecule has 34 heteroatoms. The number of carboxylic acid groups (broad SMARTS) is 1. The van der Waals surface area contributed by atoms with E-state index >= 15 is 0 Å². The Morgan fingerprint density at radius 3 is 1.41 bits per heavy atom. The number of anilines is 1. The molecule has 8 aromatic rings. The van der Waals surface area contributed by atoms with Crippen molar-refractivity contribution in [2.75, 3.05) is 120 Å². The van der Waals surface area contributed by atoms with Crippen LogP contribution < -0.4 is 57.1 Å². The molecule has 0 spiro atoms. The minimum atomic E-state index is -1.00. The van der Waals surface area contributed by atoms with Crippen LogP contribution in [0, 0.1) is 10.8 Å². The van der Waals surface area contributed by atoms with Crippen LogP contribution in [0.25, 0.3) is 43.8 Å². The number of imide groups is 4. The number of nitrogens with one attached hydrogen (secondary N) is 4. The number of carbonyl (C=O) groups excluding carboxylic acids is 9. The molecule has 0 radical (unpaired) electrons. The maximum atomic E-state index is 13.3. The lowest BCUT2D eigenvalue weighted by Crippen LogP contribution is -2.77. The van der Waals surface area contributed by atoms with E-state index < -0.39 is 70.7 Å². The molecule has 34 nitrogen and oxygen atoms in total. The average Bonchev–Trinajstić information content (AvgIpc) is 1.04. The summed E-state index contributed by atoms with van der Waals surface area (Å²) >= 11 is 0. The van der Waals surface area contributed by atoms with E-state index in [1.165, 1.54) is 0 Å². The lowest BCUT2D eigenvalue weighted by molar-refractivity contribution is -0.229. The summed E-state index contributed by atoms with van der Waals surface area (Å²) in [5.41, 5.74) is 11.6. The molecule has 2 atom stereocenters. The van der Waals surface area contributed by atoms with E-state index in [0.717, 1.165) is 73.2 Å². The second-order valence-electron chi connectivity index (χ2n) is 32.6. The number of nitrogens with two attached hydrogens (primary N) is 1. The van der Waals surface area contributed by atoms with Gasteiger partial charge in [-0.1, -0.05) is 18.2 Å². The first-order valence-corrected chi connectivity index (χ1v) is 40.9. The molecule has 6 aliphatic carbocycles. The third kappa shape index (κ3) is 16.9. The maximum absolute atomic E-state index is 13.3. The monoisotopic (exact) mass is 1690 g/mol. The number of aromatic nitrogens is 4. The molecule has 8 fully saturated rings. The Morgan fingerprint density at radius 1 is 0.528 bits per heavy atom. The van der Waals surface area contributed by atoms with Gasteiger partial charge in [0.05, 0.1) is 130 Å². The van der Waals surface area contributed by atoms with Gasteiger partial charge in [-0.25, -0.2) is 0 Å². The summed E-state index contributed by atoms with van der Waals surface area (Å²) in [5.74, 6) is -2.10. The van der Waals surface area contributed by atoms with Crippen molar-refractivity contribution >= 4 is 86.4 Å². The molecule has 648 valence electrons. The summed E-state index contributed by atoms with van der Waals surface area (Å²) in [6.07, 6.45) is 16.0. The number of nitrogens with zero attached hydrogens (tertiary/aromatic N) is 8. The number of benzene rings is 4. The van der Waals surface area contributed by atoms with E-state index in [-0.39, 0.29) is 75.9 Å². The molecule has 4 aliphatic heterocycles. The molecule has 6 saturated carbocycles. The zero-order valence-electron chi connectivity index (χ0n) is 70.0. The number of fused-ring (bicyclic) bond motifs is 4. The number of rotatable bonds is 35. The van der Waals surface area contributed by atoms with Gasteiger partial charge in [0.2, 0.25) is 29.5 Å². The zero-order valence-corrected chi connectivity index (χ0v) is 70.0. The zero-order chi connectivity index (χ0) is 87.4. The van der Waals surface area contributed by atoms with Crippen LogP contribution in [-0.4, -0.2) is 241 Å². The van der Waals surface area contributed by atoms with Crippen LogP contribution in [0.1, 0.15) is 129 Å². The first-order chi connectivity index (χ1) is 59.2. The van der Waals surface area contributed by atoms with Gasteiger partial charge in [-0.2, -0.15) is 0 Å². The van der Waals surface area contributed by atoms with Gasteiger partial charge in [-0.15, -0.1) is 0 Å². The highest BCUT2D eigenvalue weighted by molar-refractivity contribution is 6.26. The number of hydrogen-bond donors (Lipinski definition) is 6. The highest BCUT2D eigenvalue weighted by Crippen LogP contribution is 2.71. The summed E-state index contributed by atoms with van der Waals surface area (Å²) in [7, 11) is 14.1. The van der Waals surface area contributed by atoms with Crippen molar-refractivity contribution in [2.24, 2.45) is 30.7 Å². The largest absolute Gasteiger partial charge is 0.496 e. The summed E-state index contributed by atoms with van der Waals surface area (Å²) in [6, 6.07) is 19.6. The third-order valence-corrected chi connectivity index (χ3v) is 25.0. The number of amides is 9. The molecule has 4 aromatic heterocycles. The average molecular weight is 1690 g/mol. The van der Waals surface area contributed by atoms with E-state index in [0.29, 0.717) is 168 Å². The minimum absolute atomic E-state index is 0.0506. The Hall–Kier alpha value is -12.2. The lowest BCUT2D eigenvalue weighted by Gasteiger charge is -2.72. The van der Waals surface area contributed by atoms with Gasteiger partial charge in [0, 0.05) is 131 Å². The van der Waals surface area contributed by atoms with E-state index in [1.54, 1.807) is 113 Å². The Kier molecular flexibility index (Phi) is 25.9. The number of carboxylic acids is 1. The minimum Gasteiger partial charge on any atom is -0.496 e. The van der Waals surface area contributed by atoms with Gasteiger partial charge in [0.25, 0.3) is 34.7 Å². The normalized spacial score (nSPS) is 21.4. The van der Waals surface area contributed by atoms with Gasteiger partial charge in [0.15, 0.2) is 0 Å². The number of ether oxygens (including phenoxy) is 8. The summed E-state index contributed by atoms with van der Waals surface area (Å²) < 4.78 is 48.5. The van der Waals surface area contributed by atoms with Crippen LogP contribution in [0.4, 0.5) is 5.69 Å². The number of hydrogen-bond acceptors (Lipinski definition) is 26. The predicted molar refractivity (Wildman–Crippen MR) is 448 cm³/mol. The van der Waals surface area contributed by atoms with E-state index in [9.17, 15) is 62.6 Å². The van der Waals surface area contributed by atoms with Gasteiger partial charge in [0.1, 0.15) is 35.1 Å². The van der Waals surface area contributed by atoms with Crippen LogP contribution in [0.2, 0.25) is 0 Å². The molecule has 2 unspecified atom stereocenters. The first kappa shape index (κ1) is 87.2. The van der Waals surface area contributed by atoms with Crippen molar-refractivity contribution in [2.45, 2.75) is 113 Å². The summed E-state index contributed by atoms with van der Waals surface area (Å²) in [5, 5.41) is 22.7. The number of aliphatic carboxylic acids is 1. The summed E-state index contributed by atoms with van der Waals surface area (Å²) in [4.78, 5) is 164. The van der Waals surface area contributed by atoms with Crippen molar-refractivity contribution in [1.82, 2.24) is 54.7 Å². The molecule has 4 aromatic carbocycles. The topological polar surface area (TPSA) is 422 Å². The Bertz CT molecular complexity index is 5580. The number of piperidine rings is 2. The van der Waals surface area contributed by atoms with Crippen LogP contribution >= 0.6 is 0 Å². The van der Waals surface area contributed by atoms with Gasteiger partial charge < -0.3 is 68.5 Å². The van der Waals surface area contributed by atoms with E-state index in [4.69, 9.17) is 43.6 Å². The number of carbonyl (C=O) groups is 10. The van der Waals surface area contributed by atoms with Crippen molar-refractivity contribution in [3.8, 4) is 45.3 Å². The molecule has 123 heavy (non-hydrogen) atoms. The van der Waals surface area contributed by atoms with E-state index in [2.05, 4.69) is 48.1 Å². The van der Waals surface area contributed by atoms with Crippen LogP contribution in [0.5, 0.6) is 23.0 Å². The Morgan fingerprint density at radius 2 is 0.959 bits per heavy atom. The van der Waals surface area contributed by atoms with Crippen molar-refractivity contribution in [3.63, 3.8) is 0 Å². The standard InChI is InChI=1S/C45H50N6O10.C25H27N3O5.C19H24N4O6/c1-49-22-32(29-12-13-46-21-31(29)40(49)54)28-19-35(58-3)33(36(20-28)59-4)23-50(2)45-24-44(25-45,26-45)43(57)47-14-16-61-18-17-60-15-6-8-27-7-5-9-30-38(27)42(56)51(41(30)55)34-10-11-37(52)48-39(34)53;1-27-10-18(16-5-6-26-9-17(16)22(27)29)15-7-20(32-3)19(21(8-15)33-4)11-28(2)25-12-24(13-25,14-25)23(30)31;20-6-8-28-10-11-29-9-7-21-13-3-1-2-12-16(13)19(27)23(18(12)26)14-4-5-15(24)22-17(14)25/h5,7,9,12-13,19-22,34H,6,8,10-11,14-18,23-26H2,1-4H3,(H,47,57)(H,48,52,53);5-10H,11-14H2,1-4H3,(H,30,31);1-3,14,21H,4-11,20H2,(H,22,24,25). The SMILES string of the molecule is COc1cc(-c2cn(C)c(=O)c3cnccc23)cc(OC)c1CN(C)C12CC(C(=O)NCCOCCOCCCc3cccc4c3C(=O)N(C3CCC(=O)NC3=O)C4=O)(C1)C2.COc1cc(-c2cn(C)c(=O)c3cnccc23)cc(OC)c1CN(C)C12CC(C(=O)O)(C1)C2.NCCOCCOCCNc1cccc2c1C(=O)N(C1CCC(=O)NC1=O)C2=O. The molecule has 10 aliphatic rings.